The van der Waals surface area contributed by atoms with E-state index in [9.17, 15) is 26.0 Å². The number of rotatable bonds is 5. The Hall–Kier alpha value is -2.36. The van der Waals surface area contributed by atoms with Gasteiger partial charge in [0.25, 0.3) is 9.84 Å². The molecule has 1 aromatic heterocycles. The Morgan fingerprint density at radius 3 is 2.67 bits per heavy atom. The predicted molar refractivity (Wildman–Crippen MR) is 92.7 cm³/mol. The summed E-state index contributed by atoms with van der Waals surface area (Å²) in [7, 11) is -5.65. The van der Waals surface area contributed by atoms with Gasteiger partial charge in [0.05, 0.1) is 5.69 Å². The molecule has 1 aliphatic rings. The lowest BCUT2D eigenvalue weighted by molar-refractivity contribution is -0.0435. The lowest BCUT2D eigenvalue weighted by atomic mass is 10.1. The highest BCUT2D eigenvalue weighted by atomic mass is 32.2. The van der Waals surface area contributed by atoms with Gasteiger partial charge < -0.3 is 10.2 Å². The van der Waals surface area contributed by atoms with Crippen molar-refractivity contribution in [2.24, 2.45) is 5.92 Å². The molecule has 0 aliphatic carbocycles. The van der Waals surface area contributed by atoms with E-state index in [4.69, 9.17) is 0 Å². The van der Waals surface area contributed by atoms with Crippen LogP contribution in [0.4, 0.5) is 29.1 Å². The fourth-order valence-corrected chi connectivity index (χ4v) is 4.01. The number of halogens is 4. The van der Waals surface area contributed by atoms with Gasteiger partial charge in [-0.2, -0.15) is 13.2 Å². The molecule has 1 aromatic carbocycles. The van der Waals surface area contributed by atoms with E-state index in [1.807, 2.05) is 6.07 Å². The van der Waals surface area contributed by atoms with Gasteiger partial charge in [-0.1, -0.05) is 6.07 Å². The van der Waals surface area contributed by atoms with Gasteiger partial charge in [-0.15, -0.1) is 0 Å². The molecule has 0 bridgehead atoms. The van der Waals surface area contributed by atoms with Crippen LogP contribution in [0, 0.1) is 11.7 Å². The topological polar surface area (TPSA) is 62.3 Å². The van der Waals surface area contributed by atoms with Gasteiger partial charge in [0.1, 0.15) is 16.5 Å². The highest BCUT2D eigenvalue weighted by Gasteiger charge is 2.48. The van der Waals surface area contributed by atoms with E-state index in [1.54, 1.807) is 23.2 Å². The second kappa shape index (κ2) is 7.34. The number of alkyl halides is 3. The first-order valence-electron chi connectivity index (χ1n) is 8.19. The molecule has 27 heavy (non-hydrogen) atoms. The molecule has 1 N–H and O–H groups in total. The van der Waals surface area contributed by atoms with E-state index in [-0.39, 0.29) is 11.6 Å². The Bertz CT molecular complexity index is 904. The lowest BCUT2D eigenvalue weighted by Gasteiger charge is -2.22. The summed E-state index contributed by atoms with van der Waals surface area (Å²) in [5.41, 5.74) is -5.62. The highest BCUT2D eigenvalue weighted by Crippen LogP contribution is 2.38. The first kappa shape index (κ1) is 19.4. The standard InChI is InChI=1S/C17H17F4N3O2S/c18-13-4-5-14(15(9-13)27(25,26)17(19,20)21)24-8-6-12(11-24)10-23-16-3-1-2-7-22-16/h1-5,7,9,12H,6,8,10-11H2,(H,22,23). The lowest BCUT2D eigenvalue weighted by Crippen LogP contribution is -2.28. The number of hydrogen-bond acceptors (Lipinski definition) is 5. The summed E-state index contributed by atoms with van der Waals surface area (Å²) < 4.78 is 76.0. The number of anilines is 2. The molecule has 146 valence electrons. The first-order chi connectivity index (χ1) is 12.7. The molecule has 0 saturated carbocycles. The van der Waals surface area contributed by atoms with Crippen LogP contribution in [-0.2, 0) is 9.84 Å². The van der Waals surface area contributed by atoms with Crippen LogP contribution in [0.2, 0.25) is 0 Å². The second-order valence-electron chi connectivity index (χ2n) is 6.26. The van der Waals surface area contributed by atoms with Gasteiger partial charge >= 0.3 is 5.51 Å². The van der Waals surface area contributed by atoms with Crippen LogP contribution in [0.5, 0.6) is 0 Å². The maximum Gasteiger partial charge on any atom is 0.501 e. The average molecular weight is 403 g/mol. The third-order valence-electron chi connectivity index (χ3n) is 4.38. The molecule has 5 nitrogen and oxygen atoms in total. The molecule has 0 spiro atoms. The molecule has 1 fully saturated rings. The van der Waals surface area contributed by atoms with Crippen molar-refractivity contribution in [1.82, 2.24) is 4.98 Å². The zero-order valence-electron chi connectivity index (χ0n) is 14.1. The molecule has 1 atom stereocenters. The van der Waals surface area contributed by atoms with E-state index in [2.05, 4.69) is 10.3 Å². The Labute approximate surface area is 153 Å². The second-order valence-corrected chi connectivity index (χ2v) is 8.17. The van der Waals surface area contributed by atoms with Crippen molar-refractivity contribution >= 4 is 21.3 Å². The van der Waals surface area contributed by atoms with Crippen molar-refractivity contribution in [3.63, 3.8) is 0 Å². The zero-order chi connectivity index (χ0) is 19.7. The quantitative estimate of drug-likeness (QED) is 0.775. The monoisotopic (exact) mass is 403 g/mol. The Morgan fingerprint density at radius 1 is 1.22 bits per heavy atom. The van der Waals surface area contributed by atoms with Crippen molar-refractivity contribution in [3.8, 4) is 0 Å². The number of aromatic nitrogens is 1. The Balaban J connectivity index is 1.78. The molecule has 3 rings (SSSR count). The average Bonchev–Trinajstić information content (AvgIpc) is 3.08. The Morgan fingerprint density at radius 2 is 2.00 bits per heavy atom. The van der Waals surface area contributed by atoms with Crippen LogP contribution in [0.15, 0.2) is 47.5 Å². The summed E-state index contributed by atoms with van der Waals surface area (Å²) in [6, 6.07) is 7.87. The zero-order valence-corrected chi connectivity index (χ0v) is 14.9. The van der Waals surface area contributed by atoms with Crippen molar-refractivity contribution in [2.45, 2.75) is 16.8 Å². The normalized spacial score (nSPS) is 17.9. The van der Waals surface area contributed by atoms with Gasteiger partial charge in [0.15, 0.2) is 0 Å². The van der Waals surface area contributed by atoms with Crippen LogP contribution in [0.3, 0.4) is 0 Å². The number of pyridine rings is 1. The molecule has 0 amide bonds. The van der Waals surface area contributed by atoms with Gasteiger partial charge in [-0.25, -0.2) is 17.8 Å². The molecular formula is C17H17F4N3O2S. The van der Waals surface area contributed by atoms with E-state index >= 15 is 0 Å². The summed E-state index contributed by atoms with van der Waals surface area (Å²) in [5, 5.41) is 3.14. The van der Waals surface area contributed by atoms with Crippen LogP contribution in [0.25, 0.3) is 0 Å². The summed E-state index contributed by atoms with van der Waals surface area (Å²) in [6.45, 7) is 1.27. The summed E-state index contributed by atoms with van der Waals surface area (Å²) in [4.78, 5) is 4.63. The third kappa shape index (κ3) is 4.15. The molecule has 0 radical (unpaired) electrons. The minimum absolute atomic E-state index is 0.0819. The fourth-order valence-electron chi connectivity index (χ4n) is 3.02. The number of nitrogens with zero attached hydrogens (tertiary/aromatic N) is 2. The van der Waals surface area contributed by atoms with Gasteiger partial charge in [-0.05, 0) is 42.7 Å². The van der Waals surface area contributed by atoms with Crippen LogP contribution >= 0.6 is 0 Å². The van der Waals surface area contributed by atoms with Crippen molar-refractivity contribution < 1.29 is 26.0 Å². The van der Waals surface area contributed by atoms with Crippen molar-refractivity contribution in [1.29, 1.82) is 0 Å². The molecule has 1 saturated heterocycles. The third-order valence-corrected chi connectivity index (χ3v) is 5.89. The SMILES string of the molecule is O=S(=O)(c1cc(F)ccc1N1CCC(CNc2ccccn2)C1)C(F)(F)F. The molecule has 1 aliphatic heterocycles. The summed E-state index contributed by atoms with van der Waals surface area (Å²) in [5.74, 6) is -0.272. The van der Waals surface area contributed by atoms with Crippen LogP contribution < -0.4 is 10.2 Å². The van der Waals surface area contributed by atoms with Gasteiger partial charge in [0.2, 0.25) is 0 Å². The molecule has 2 heterocycles. The maximum atomic E-state index is 13.5. The smallest absolute Gasteiger partial charge is 0.370 e. The van der Waals surface area contributed by atoms with Gasteiger partial charge in [0, 0.05) is 25.8 Å². The fraction of sp³-hybridized carbons (Fsp3) is 0.353. The largest absolute Gasteiger partial charge is 0.501 e. The molecular weight excluding hydrogens is 386 g/mol. The van der Waals surface area contributed by atoms with Crippen molar-refractivity contribution in [3.05, 3.63) is 48.4 Å². The number of sulfone groups is 1. The summed E-state index contributed by atoms with van der Waals surface area (Å²) >= 11 is 0. The molecule has 10 heteroatoms. The van der Waals surface area contributed by atoms with E-state index in [0.29, 0.717) is 37.9 Å². The molecule has 1 unspecified atom stereocenters. The van der Waals surface area contributed by atoms with E-state index < -0.39 is 26.1 Å². The minimum atomic E-state index is -5.65. The number of nitrogens with one attached hydrogen (secondary N) is 1. The maximum absolute atomic E-state index is 13.5. The van der Waals surface area contributed by atoms with Gasteiger partial charge in [-0.3, -0.25) is 0 Å². The number of benzene rings is 1. The summed E-state index contributed by atoms with van der Waals surface area (Å²) in [6.07, 6.45) is 2.29. The van der Waals surface area contributed by atoms with E-state index in [1.165, 1.54) is 0 Å². The highest BCUT2D eigenvalue weighted by molar-refractivity contribution is 7.92. The molecule has 2 aromatic rings. The Kier molecular flexibility index (Phi) is 5.27. The predicted octanol–water partition coefficient (Wildman–Crippen LogP) is 3.45. The van der Waals surface area contributed by atoms with Crippen molar-refractivity contribution in [2.75, 3.05) is 29.9 Å². The van der Waals surface area contributed by atoms with E-state index in [0.717, 1.165) is 12.1 Å². The first-order valence-corrected chi connectivity index (χ1v) is 9.67. The van der Waals surface area contributed by atoms with Crippen LogP contribution in [-0.4, -0.2) is 38.5 Å². The van der Waals surface area contributed by atoms with Crippen LogP contribution in [0.1, 0.15) is 6.42 Å². The minimum Gasteiger partial charge on any atom is -0.370 e. The number of hydrogen-bond donors (Lipinski definition) is 1.